The van der Waals surface area contributed by atoms with Gasteiger partial charge in [-0.1, -0.05) is 18.2 Å². The van der Waals surface area contributed by atoms with Crippen molar-refractivity contribution in [1.82, 2.24) is 0 Å². The number of benzene rings is 2. The molecule has 0 radical (unpaired) electrons. The van der Waals surface area contributed by atoms with Crippen molar-refractivity contribution in [1.29, 1.82) is 0 Å². The van der Waals surface area contributed by atoms with Crippen LogP contribution < -0.4 is 4.74 Å². The maximum absolute atomic E-state index is 12.0. The maximum atomic E-state index is 12.0. The topological polar surface area (TPSA) is 83.8 Å². The van der Waals surface area contributed by atoms with Gasteiger partial charge < -0.3 is 14.9 Å². The molecule has 6 heteroatoms. The number of phenolic OH excluding ortho intramolecular Hbond substituents is 2. The molecule has 2 aromatic carbocycles. The minimum atomic E-state index is -3.64. The van der Waals surface area contributed by atoms with Crippen LogP contribution in [0.4, 0.5) is 0 Å². The first kappa shape index (κ1) is 13.5. The van der Waals surface area contributed by atoms with Gasteiger partial charge in [-0.25, -0.2) is 8.42 Å². The Bertz CT molecular complexity index is 837. The molecule has 2 N–H and O–H groups in total. The van der Waals surface area contributed by atoms with Crippen LogP contribution in [0.3, 0.4) is 0 Å². The number of rotatable bonds is 3. The fraction of sp³-hybridized carbons (Fsp3) is 0.0667. The molecule has 1 aliphatic heterocycles. The molecule has 1 heterocycles. The average Bonchev–Trinajstić information content (AvgIpc) is 2.69. The predicted molar refractivity (Wildman–Crippen MR) is 76.9 cm³/mol. The molecule has 0 amide bonds. The zero-order chi connectivity index (χ0) is 15.0. The van der Waals surface area contributed by atoms with Crippen LogP contribution in [-0.4, -0.2) is 25.2 Å². The monoisotopic (exact) mass is 304 g/mol. The molecule has 0 fully saturated rings. The third-order valence-corrected chi connectivity index (χ3v) is 4.73. The van der Waals surface area contributed by atoms with E-state index in [-0.39, 0.29) is 23.0 Å². The van der Waals surface area contributed by atoms with E-state index in [1.807, 2.05) is 0 Å². The molecule has 0 aliphatic carbocycles. The number of phenols is 2. The smallest absolute Gasteiger partial charge is 0.204 e. The van der Waals surface area contributed by atoms with Crippen LogP contribution >= 0.6 is 0 Å². The van der Waals surface area contributed by atoms with Crippen LogP contribution in [0.1, 0.15) is 5.56 Å². The SMILES string of the molecule is O=S1(=O)C=C(COc2cccc(O)c2)c2cccc(O)c21. The molecule has 0 unspecified atom stereocenters. The second-order valence-electron chi connectivity index (χ2n) is 4.63. The van der Waals surface area contributed by atoms with Gasteiger partial charge >= 0.3 is 0 Å². The highest BCUT2D eigenvalue weighted by atomic mass is 32.2. The number of aromatic hydroxyl groups is 2. The van der Waals surface area contributed by atoms with Crippen LogP contribution in [0, 0.1) is 0 Å². The van der Waals surface area contributed by atoms with Crippen LogP contribution in [0.2, 0.25) is 0 Å². The van der Waals surface area contributed by atoms with Crippen molar-refractivity contribution in [2.75, 3.05) is 6.61 Å². The van der Waals surface area contributed by atoms with E-state index < -0.39 is 9.84 Å². The Hall–Kier alpha value is -2.47. The molecular formula is C15H12O5S. The van der Waals surface area contributed by atoms with Gasteiger partial charge in [0.15, 0.2) is 0 Å². The normalized spacial score (nSPS) is 15.3. The van der Waals surface area contributed by atoms with Gasteiger partial charge in [0.2, 0.25) is 9.84 Å². The third-order valence-electron chi connectivity index (χ3n) is 3.13. The molecule has 0 saturated heterocycles. The summed E-state index contributed by atoms with van der Waals surface area (Å²) in [5.74, 6) is 0.233. The fourth-order valence-corrected chi connectivity index (χ4v) is 3.79. The van der Waals surface area contributed by atoms with Crippen LogP contribution in [0.25, 0.3) is 5.57 Å². The lowest BCUT2D eigenvalue weighted by atomic mass is 10.1. The Balaban J connectivity index is 1.90. The van der Waals surface area contributed by atoms with Gasteiger partial charge in [0.1, 0.15) is 28.8 Å². The quantitative estimate of drug-likeness (QED) is 0.909. The Morgan fingerprint density at radius 3 is 2.57 bits per heavy atom. The Morgan fingerprint density at radius 2 is 1.81 bits per heavy atom. The van der Waals surface area contributed by atoms with E-state index in [0.29, 0.717) is 16.9 Å². The summed E-state index contributed by atoms with van der Waals surface area (Å²) in [6, 6.07) is 10.8. The summed E-state index contributed by atoms with van der Waals surface area (Å²) in [7, 11) is -3.64. The lowest BCUT2D eigenvalue weighted by Crippen LogP contribution is -1.99. The molecule has 0 saturated carbocycles. The van der Waals surface area contributed by atoms with Crippen LogP contribution in [0.15, 0.2) is 52.8 Å². The molecule has 1 aliphatic rings. The molecule has 2 aromatic rings. The molecule has 5 nitrogen and oxygen atoms in total. The molecule has 0 spiro atoms. The van der Waals surface area contributed by atoms with Gasteiger partial charge in [0, 0.05) is 22.6 Å². The van der Waals surface area contributed by atoms with Crippen molar-refractivity contribution < 1.29 is 23.4 Å². The highest BCUT2D eigenvalue weighted by Gasteiger charge is 2.30. The predicted octanol–water partition coefficient (Wildman–Crippen LogP) is 2.31. The van der Waals surface area contributed by atoms with Gasteiger partial charge in [-0.2, -0.15) is 0 Å². The molecule has 21 heavy (non-hydrogen) atoms. The van der Waals surface area contributed by atoms with Gasteiger partial charge in [-0.15, -0.1) is 0 Å². The van der Waals surface area contributed by atoms with Crippen molar-refractivity contribution in [3.8, 4) is 17.2 Å². The van der Waals surface area contributed by atoms with Gasteiger partial charge in [-0.3, -0.25) is 0 Å². The minimum Gasteiger partial charge on any atom is -0.508 e. The highest BCUT2D eigenvalue weighted by molar-refractivity contribution is 7.95. The van der Waals surface area contributed by atoms with Crippen molar-refractivity contribution in [3.63, 3.8) is 0 Å². The first-order valence-electron chi connectivity index (χ1n) is 6.17. The lowest BCUT2D eigenvalue weighted by Gasteiger charge is -2.08. The molecule has 3 rings (SSSR count). The Morgan fingerprint density at radius 1 is 1.05 bits per heavy atom. The van der Waals surface area contributed by atoms with E-state index in [2.05, 4.69) is 0 Å². The largest absolute Gasteiger partial charge is 0.508 e. The minimum absolute atomic E-state index is 0.0269. The van der Waals surface area contributed by atoms with E-state index in [1.54, 1.807) is 24.3 Å². The number of hydrogen-bond donors (Lipinski definition) is 2. The summed E-state index contributed by atoms with van der Waals surface area (Å²) in [6.45, 7) is 0.0269. The third kappa shape index (κ3) is 2.45. The van der Waals surface area contributed by atoms with E-state index in [4.69, 9.17) is 4.74 Å². The summed E-state index contributed by atoms with van der Waals surface area (Å²) in [5.41, 5.74) is 0.902. The van der Waals surface area contributed by atoms with E-state index in [0.717, 1.165) is 5.41 Å². The summed E-state index contributed by atoms with van der Waals surface area (Å²) < 4.78 is 29.5. The fourth-order valence-electron chi connectivity index (χ4n) is 2.23. The first-order chi connectivity index (χ1) is 9.97. The highest BCUT2D eigenvalue weighted by Crippen LogP contribution is 2.39. The van der Waals surface area contributed by atoms with Crippen LogP contribution in [0.5, 0.6) is 17.2 Å². The molecule has 108 valence electrons. The standard InChI is InChI=1S/C15H12O5S/c16-11-3-1-4-12(7-11)20-8-10-9-21(18,19)15-13(10)5-2-6-14(15)17/h1-7,9,16-17H,8H2. The summed E-state index contributed by atoms with van der Waals surface area (Å²) in [5, 5.41) is 20.2. The number of fused-ring (bicyclic) bond motifs is 1. The summed E-state index contributed by atoms with van der Waals surface area (Å²) in [6.07, 6.45) is 0. The summed E-state index contributed by atoms with van der Waals surface area (Å²) in [4.78, 5) is -0.0838. The summed E-state index contributed by atoms with van der Waals surface area (Å²) >= 11 is 0. The van der Waals surface area contributed by atoms with Crippen molar-refractivity contribution in [3.05, 3.63) is 53.4 Å². The molecule has 0 atom stereocenters. The van der Waals surface area contributed by atoms with Crippen molar-refractivity contribution in [2.45, 2.75) is 4.90 Å². The zero-order valence-corrected chi connectivity index (χ0v) is 11.7. The Kier molecular flexibility index (Phi) is 3.10. The van der Waals surface area contributed by atoms with Crippen molar-refractivity contribution in [2.24, 2.45) is 0 Å². The number of hydrogen-bond acceptors (Lipinski definition) is 5. The van der Waals surface area contributed by atoms with E-state index in [1.165, 1.54) is 18.2 Å². The average molecular weight is 304 g/mol. The van der Waals surface area contributed by atoms with Gasteiger partial charge in [0.25, 0.3) is 0 Å². The van der Waals surface area contributed by atoms with Gasteiger partial charge in [0.05, 0.1) is 0 Å². The maximum Gasteiger partial charge on any atom is 0.204 e. The second kappa shape index (κ2) is 4.82. The van der Waals surface area contributed by atoms with Gasteiger partial charge in [-0.05, 0) is 18.2 Å². The van der Waals surface area contributed by atoms with E-state index in [9.17, 15) is 18.6 Å². The van der Waals surface area contributed by atoms with E-state index >= 15 is 0 Å². The number of ether oxygens (including phenoxy) is 1. The van der Waals surface area contributed by atoms with Crippen LogP contribution in [-0.2, 0) is 9.84 Å². The molecule has 0 aromatic heterocycles. The molecular weight excluding hydrogens is 292 g/mol. The van der Waals surface area contributed by atoms with Crippen molar-refractivity contribution >= 4 is 15.4 Å². The number of sulfone groups is 1. The molecule has 0 bridgehead atoms. The zero-order valence-electron chi connectivity index (χ0n) is 10.9. The second-order valence-corrected chi connectivity index (χ2v) is 6.36. The first-order valence-corrected chi connectivity index (χ1v) is 7.72. The Labute approximate surface area is 121 Å². The lowest BCUT2D eigenvalue weighted by molar-refractivity contribution is 0.366.